The number of halogens is 3. The zero-order chi connectivity index (χ0) is 20.6. The number of hydrogen-bond donors (Lipinski definition) is 1. The van der Waals surface area contributed by atoms with Gasteiger partial charge in [0.2, 0.25) is 5.76 Å². The topological polar surface area (TPSA) is 43.8 Å². The van der Waals surface area contributed by atoms with Crippen molar-refractivity contribution in [2.75, 3.05) is 41.3 Å². The van der Waals surface area contributed by atoms with Gasteiger partial charge in [-0.25, -0.2) is 0 Å². The molecule has 0 heterocycles. The summed E-state index contributed by atoms with van der Waals surface area (Å²) in [6.07, 6.45) is -4.73. The third-order valence-electron chi connectivity index (χ3n) is 3.59. The molecule has 0 aliphatic carbocycles. The van der Waals surface area contributed by atoms with E-state index in [-0.39, 0.29) is 61.0 Å². The van der Waals surface area contributed by atoms with Gasteiger partial charge in [-0.3, -0.25) is 4.79 Å². The summed E-state index contributed by atoms with van der Waals surface area (Å²) in [6.45, 7) is 2.29. The summed E-state index contributed by atoms with van der Waals surface area (Å²) in [5.41, 5.74) is 0.0921. The number of hydrogen-bond acceptors (Lipinski definition) is 4. The Hall–Kier alpha value is -0.796. The zero-order valence-corrected chi connectivity index (χ0v) is 18.7. The summed E-state index contributed by atoms with van der Waals surface area (Å²) in [5.74, 6) is -2.79. The number of aliphatic hydroxyl groups excluding tert-OH is 1. The van der Waals surface area contributed by atoms with Gasteiger partial charge in [0.15, 0.2) is 5.78 Å². The van der Waals surface area contributed by atoms with Crippen molar-refractivity contribution in [3.8, 4) is 0 Å². The molecule has 2 aromatic carbocycles. The van der Waals surface area contributed by atoms with Crippen molar-refractivity contribution in [2.45, 2.75) is 6.18 Å². The minimum Gasteiger partial charge on any atom is -0.504 e. The fourth-order valence-electron chi connectivity index (χ4n) is 2.03. The van der Waals surface area contributed by atoms with Crippen LogP contribution in [-0.2, 0) is 0 Å². The Balaban J connectivity index is 0.000000694. The maximum Gasteiger partial charge on any atom is 2.00 e. The third kappa shape index (κ3) is 10.1. The summed E-state index contributed by atoms with van der Waals surface area (Å²) in [6, 6.07) is 11.7. The second kappa shape index (κ2) is 12.7. The Morgan fingerprint density at radius 2 is 1.46 bits per heavy atom. The molecule has 0 spiro atoms. The van der Waals surface area contributed by atoms with E-state index in [0.29, 0.717) is 0 Å². The Morgan fingerprint density at radius 3 is 1.93 bits per heavy atom. The molecular formula is C20H25EuF3N2O2+2. The van der Waals surface area contributed by atoms with E-state index in [1.165, 1.54) is 12.1 Å². The zero-order valence-electron chi connectivity index (χ0n) is 16.3. The van der Waals surface area contributed by atoms with Crippen molar-refractivity contribution in [1.29, 1.82) is 0 Å². The molecule has 0 bridgehead atoms. The average Bonchev–Trinajstić information content (AvgIpc) is 2.59. The SMILES string of the molecule is CN(C)CCN(C)C.O=C(C=C(O)C(F)(F)F)c1ccc2ccccc2c1.[Eu+2]. The van der Waals surface area contributed by atoms with Crippen LogP contribution in [0.15, 0.2) is 54.3 Å². The van der Waals surface area contributed by atoms with Gasteiger partial charge in [-0.05, 0) is 45.0 Å². The number of nitrogens with zero attached hydrogens (tertiary/aromatic N) is 2. The molecule has 153 valence electrons. The first-order valence-corrected chi connectivity index (χ1v) is 8.31. The Morgan fingerprint density at radius 1 is 0.964 bits per heavy atom. The summed E-state index contributed by atoms with van der Waals surface area (Å²) >= 11 is 0. The largest absolute Gasteiger partial charge is 2.00 e. The van der Waals surface area contributed by atoms with Crippen molar-refractivity contribution in [3.05, 3.63) is 59.9 Å². The van der Waals surface area contributed by atoms with Gasteiger partial charge in [0.05, 0.1) is 0 Å². The van der Waals surface area contributed by atoms with Gasteiger partial charge >= 0.3 is 55.6 Å². The van der Waals surface area contributed by atoms with Crippen molar-refractivity contribution in [2.24, 2.45) is 0 Å². The number of carbonyl (C=O) groups excluding carboxylic acids is 1. The first kappa shape index (κ1) is 27.2. The van der Waals surface area contributed by atoms with Crippen LogP contribution in [0.25, 0.3) is 10.8 Å². The number of fused-ring (bicyclic) bond motifs is 1. The number of carbonyl (C=O) groups is 1. The molecular weight excluding hydrogens is 509 g/mol. The molecule has 0 aliphatic rings. The summed E-state index contributed by atoms with van der Waals surface area (Å²) in [5, 5.41) is 10.4. The molecule has 0 saturated carbocycles. The van der Waals surface area contributed by atoms with Gasteiger partial charge in [-0.1, -0.05) is 36.4 Å². The maximum atomic E-state index is 12.1. The van der Waals surface area contributed by atoms with Crippen LogP contribution in [0, 0.1) is 49.4 Å². The number of aliphatic hydroxyl groups is 1. The molecule has 0 atom stereocenters. The van der Waals surface area contributed by atoms with E-state index in [1.807, 2.05) is 12.1 Å². The van der Waals surface area contributed by atoms with Gasteiger partial charge in [0, 0.05) is 24.7 Å². The quantitative estimate of drug-likeness (QED) is 0.356. The fraction of sp³-hybridized carbons (Fsp3) is 0.350. The molecule has 0 amide bonds. The van der Waals surface area contributed by atoms with Crippen LogP contribution in [0.1, 0.15) is 10.4 Å². The molecule has 0 aromatic heterocycles. The second-order valence-corrected chi connectivity index (χ2v) is 6.56. The first-order chi connectivity index (χ1) is 12.5. The minimum atomic E-state index is -4.91. The van der Waals surface area contributed by atoms with E-state index in [2.05, 4.69) is 38.0 Å². The van der Waals surface area contributed by atoms with Crippen LogP contribution in [0.3, 0.4) is 0 Å². The number of alkyl halides is 3. The predicted molar refractivity (Wildman–Crippen MR) is 102 cm³/mol. The molecule has 2 aromatic rings. The average molecular weight is 534 g/mol. The van der Waals surface area contributed by atoms with Crippen LogP contribution in [-0.4, -0.2) is 68.1 Å². The van der Waals surface area contributed by atoms with Crippen molar-refractivity contribution in [3.63, 3.8) is 0 Å². The number of benzene rings is 2. The number of allylic oxidation sites excluding steroid dienone is 2. The molecule has 1 N–H and O–H groups in total. The van der Waals surface area contributed by atoms with E-state index in [0.717, 1.165) is 23.9 Å². The van der Waals surface area contributed by atoms with Crippen LogP contribution in [0.5, 0.6) is 0 Å². The molecule has 1 radical (unpaired) electrons. The van der Waals surface area contributed by atoms with Crippen molar-refractivity contribution < 1.29 is 72.4 Å². The van der Waals surface area contributed by atoms with E-state index >= 15 is 0 Å². The number of likely N-dealkylation sites (N-methyl/N-ethyl adjacent to an activating group) is 2. The van der Waals surface area contributed by atoms with Gasteiger partial charge < -0.3 is 14.9 Å². The van der Waals surface area contributed by atoms with Crippen LogP contribution >= 0.6 is 0 Å². The standard InChI is InChI=1S/C14H9F3O2.C6H16N2.Eu/c15-14(16,17)13(19)8-12(18)11-6-5-9-3-1-2-4-10(9)7-11;1-7(2)5-6-8(3)4;/h1-8,19H;5-6H2,1-4H3;/q;;+2. The van der Waals surface area contributed by atoms with Crippen LogP contribution in [0.2, 0.25) is 0 Å². The van der Waals surface area contributed by atoms with E-state index in [4.69, 9.17) is 5.11 Å². The maximum absolute atomic E-state index is 12.1. The van der Waals surface area contributed by atoms with Gasteiger partial charge in [0.25, 0.3) is 0 Å². The fourth-order valence-corrected chi connectivity index (χ4v) is 2.03. The normalized spacial score (nSPS) is 11.8. The second-order valence-electron chi connectivity index (χ2n) is 6.56. The number of rotatable bonds is 5. The molecule has 0 fully saturated rings. The molecule has 0 saturated heterocycles. The first-order valence-electron chi connectivity index (χ1n) is 8.31. The monoisotopic (exact) mass is 535 g/mol. The van der Waals surface area contributed by atoms with Gasteiger partial charge in [-0.2, -0.15) is 13.2 Å². The van der Waals surface area contributed by atoms with Crippen molar-refractivity contribution in [1.82, 2.24) is 9.80 Å². The van der Waals surface area contributed by atoms with Crippen molar-refractivity contribution >= 4 is 16.6 Å². The molecule has 4 nitrogen and oxygen atoms in total. The van der Waals surface area contributed by atoms with E-state index in [1.54, 1.807) is 18.2 Å². The Bertz CT molecular complexity index is 782. The van der Waals surface area contributed by atoms with Gasteiger partial charge in [-0.15, -0.1) is 0 Å². The number of ketones is 1. The molecule has 0 aliphatic heterocycles. The van der Waals surface area contributed by atoms with E-state index in [9.17, 15) is 18.0 Å². The summed E-state index contributed by atoms with van der Waals surface area (Å²) in [4.78, 5) is 16.0. The molecule has 28 heavy (non-hydrogen) atoms. The molecule has 0 unspecified atom stereocenters. The van der Waals surface area contributed by atoms with Crippen LogP contribution in [0.4, 0.5) is 13.2 Å². The molecule has 8 heteroatoms. The molecule has 2 rings (SSSR count). The minimum absolute atomic E-state index is 0. The Kier molecular flexibility index (Phi) is 12.3. The van der Waals surface area contributed by atoms with E-state index < -0.39 is 17.7 Å². The summed E-state index contributed by atoms with van der Waals surface area (Å²) in [7, 11) is 8.35. The van der Waals surface area contributed by atoms with Crippen LogP contribution < -0.4 is 0 Å². The Labute approximate surface area is 204 Å². The smallest absolute Gasteiger partial charge is 0.504 e. The predicted octanol–water partition coefficient (Wildman–Crippen LogP) is 4.14. The third-order valence-corrected chi connectivity index (χ3v) is 3.59. The summed E-state index contributed by atoms with van der Waals surface area (Å²) < 4.78 is 36.3. The van der Waals surface area contributed by atoms with Gasteiger partial charge in [0.1, 0.15) is 0 Å².